The van der Waals surface area contributed by atoms with Crippen molar-refractivity contribution in [2.45, 2.75) is 19.0 Å². The van der Waals surface area contributed by atoms with E-state index in [2.05, 4.69) is 9.97 Å². The molecule has 1 aromatic rings. The Kier molecular flexibility index (Phi) is 4.57. The maximum atomic E-state index is 9.06. The number of aliphatic hydroxyl groups is 2. The molecule has 0 amide bonds. The fourth-order valence-corrected chi connectivity index (χ4v) is 1.28. The van der Waals surface area contributed by atoms with Crippen molar-refractivity contribution < 1.29 is 10.2 Å². The van der Waals surface area contributed by atoms with Gasteiger partial charge in [-0.1, -0.05) is 0 Å². The number of aromatic nitrogens is 2. The first kappa shape index (κ1) is 12.0. The Morgan fingerprint density at radius 3 is 2.33 bits per heavy atom. The maximum Gasteiger partial charge on any atom is 0.0759 e. The van der Waals surface area contributed by atoms with E-state index < -0.39 is 5.92 Å². The summed E-state index contributed by atoms with van der Waals surface area (Å²) in [5, 5.41) is 18.1. The third kappa shape index (κ3) is 2.69. The molecule has 1 heterocycles. The fourth-order valence-electron chi connectivity index (χ4n) is 1.28. The molecule has 0 atom stereocenters. The second kappa shape index (κ2) is 5.72. The van der Waals surface area contributed by atoms with Crippen LogP contribution in [-0.2, 0) is 13.1 Å². The molecule has 0 spiro atoms. The van der Waals surface area contributed by atoms with Crippen LogP contribution in [0.4, 0.5) is 0 Å². The van der Waals surface area contributed by atoms with Crippen LogP contribution in [0.1, 0.15) is 23.0 Å². The van der Waals surface area contributed by atoms with Gasteiger partial charge in [-0.2, -0.15) is 0 Å². The summed E-state index contributed by atoms with van der Waals surface area (Å²) < 4.78 is 0. The lowest BCUT2D eigenvalue weighted by atomic mass is 10.0. The molecule has 15 heavy (non-hydrogen) atoms. The first-order valence-electron chi connectivity index (χ1n) is 4.73. The van der Waals surface area contributed by atoms with Gasteiger partial charge in [0.05, 0.1) is 36.5 Å². The number of rotatable bonds is 5. The van der Waals surface area contributed by atoms with E-state index in [1.165, 1.54) is 0 Å². The lowest BCUT2D eigenvalue weighted by molar-refractivity contribution is 0.189. The van der Waals surface area contributed by atoms with E-state index in [1.54, 1.807) is 6.20 Å². The standard InChI is InChI=1S/C9H16N4O2/c10-1-7-3-12-8(2-11)9(13-7)6(4-14)5-15/h3,6,14-15H,1-2,4-5,10-11H2. The van der Waals surface area contributed by atoms with E-state index in [-0.39, 0.29) is 26.3 Å². The summed E-state index contributed by atoms with van der Waals surface area (Å²) in [6, 6.07) is 0. The van der Waals surface area contributed by atoms with Crippen molar-refractivity contribution in [2.75, 3.05) is 13.2 Å². The summed E-state index contributed by atoms with van der Waals surface area (Å²) in [5.41, 5.74) is 12.7. The summed E-state index contributed by atoms with van der Waals surface area (Å²) in [6.45, 7) is 0.122. The Morgan fingerprint density at radius 2 is 1.87 bits per heavy atom. The Morgan fingerprint density at radius 1 is 1.20 bits per heavy atom. The molecule has 0 unspecified atom stereocenters. The molecule has 6 nitrogen and oxygen atoms in total. The molecule has 84 valence electrons. The molecule has 0 fully saturated rings. The second-order valence-corrected chi connectivity index (χ2v) is 3.16. The van der Waals surface area contributed by atoms with Gasteiger partial charge in [-0.05, 0) is 0 Å². The van der Waals surface area contributed by atoms with Gasteiger partial charge in [0.25, 0.3) is 0 Å². The summed E-state index contributed by atoms with van der Waals surface area (Å²) in [6.07, 6.45) is 1.55. The average Bonchev–Trinajstić information content (AvgIpc) is 2.30. The lowest BCUT2D eigenvalue weighted by Crippen LogP contribution is -2.18. The molecule has 1 rings (SSSR count). The van der Waals surface area contributed by atoms with Gasteiger partial charge in [-0.3, -0.25) is 9.97 Å². The zero-order valence-electron chi connectivity index (χ0n) is 8.43. The molecule has 0 aromatic carbocycles. The molecule has 0 aliphatic carbocycles. The van der Waals surface area contributed by atoms with Gasteiger partial charge in [0, 0.05) is 19.0 Å². The molecular formula is C9H16N4O2. The number of hydrogen-bond acceptors (Lipinski definition) is 6. The van der Waals surface area contributed by atoms with Crippen LogP contribution in [0.3, 0.4) is 0 Å². The van der Waals surface area contributed by atoms with Crippen LogP contribution in [-0.4, -0.2) is 33.4 Å². The van der Waals surface area contributed by atoms with Gasteiger partial charge in [0.2, 0.25) is 0 Å². The smallest absolute Gasteiger partial charge is 0.0759 e. The van der Waals surface area contributed by atoms with Gasteiger partial charge in [-0.15, -0.1) is 0 Å². The van der Waals surface area contributed by atoms with Gasteiger partial charge in [-0.25, -0.2) is 0 Å². The number of aliphatic hydroxyl groups excluding tert-OH is 2. The van der Waals surface area contributed by atoms with Crippen LogP contribution in [0, 0.1) is 0 Å². The first-order chi connectivity index (χ1) is 7.26. The monoisotopic (exact) mass is 212 g/mol. The SMILES string of the molecule is NCc1cnc(CN)c(C(CO)CO)n1. The van der Waals surface area contributed by atoms with Crippen LogP contribution >= 0.6 is 0 Å². The molecule has 0 bridgehead atoms. The quantitative estimate of drug-likeness (QED) is 0.470. The Hall–Kier alpha value is -1.08. The van der Waals surface area contributed by atoms with E-state index >= 15 is 0 Å². The molecule has 0 saturated carbocycles. The highest BCUT2D eigenvalue weighted by atomic mass is 16.3. The van der Waals surface area contributed by atoms with Crippen LogP contribution in [0.25, 0.3) is 0 Å². The topological polar surface area (TPSA) is 118 Å². The Bertz CT molecular complexity index is 315. The van der Waals surface area contributed by atoms with E-state index in [0.717, 1.165) is 0 Å². The zero-order chi connectivity index (χ0) is 11.3. The van der Waals surface area contributed by atoms with Crippen molar-refractivity contribution in [3.05, 3.63) is 23.3 Å². The highest BCUT2D eigenvalue weighted by Gasteiger charge is 2.16. The highest BCUT2D eigenvalue weighted by Crippen LogP contribution is 2.15. The van der Waals surface area contributed by atoms with Gasteiger partial charge < -0.3 is 21.7 Å². The predicted molar refractivity (Wildman–Crippen MR) is 54.7 cm³/mol. The summed E-state index contributed by atoms with van der Waals surface area (Å²) in [7, 11) is 0. The van der Waals surface area contributed by atoms with Crippen LogP contribution in [0.2, 0.25) is 0 Å². The predicted octanol–water partition coefficient (Wildman–Crippen LogP) is -1.54. The van der Waals surface area contributed by atoms with E-state index in [0.29, 0.717) is 17.1 Å². The summed E-state index contributed by atoms with van der Waals surface area (Å²) in [5.74, 6) is -0.442. The molecule has 0 aliphatic rings. The highest BCUT2D eigenvalue weighted by molar-refractivity contribution is 5.18. The number of nitrogens with zero attached hydrogens (tertiary/aromatic N) is 2. The Labute approximate surface area is 88.0 Å². The van der Waals surface area contributed by atoms with Crippen molar-refractivity contribution >= 4 is 0 Å². The van der Waals surface area contributed by atoms with Gasteiger partial charge in [0.15, 0.2) is 0 Å². The molecule has 6 heteroatoms. The number of hydrogen-bond donors (Lipinski definition) is 4. The summed E-state index contributed by atoms with van der Waals surface area (Å²) in [4.78, 5) is 8.31. The minimum absolute atomic E-state index is 0.188. The van der Waals surface area contributed by atoms with Crippen molar-refractivity contribution in [1.29, 1.82) is 0 Å². The Balaban J connectivity index is 3.09. The fraction of sp³-hybridized carbons (Fsp3) is 0.556. The van der Waals surface area contributed by atoms with Crippen molar-refractivity contribution in [1.82, 2.24) is 9.97 Å². The second-order valence-electron chi connectivity index (χ2n) is 3.16. The minimum atomic E-state index is -0.442. The third-order valence-electron chi connectivity index (χ3n) is 2.16. The van der Waals surface area contributed by atoms with Gasteiger partial charge in [0.1, 0.15) is 0 Å². The van der Waals surface area contributed by atoms with Crippen LogP contribution in [0.5, 0.6) is 0 Å². The zero-order valence-corrected chi connectivity index (χ0v) is 8.43. The summed E-state index contributed by atoms with van der Waals surface area (Å²) >= 11 is 0. The lowest BCUT2D eigenvalue weighted by Gasteiger charge is -2.14. The maximum absolute atomic E-state index is 9.06. The molecule has 0 aliphatic heterocycles. The van der Waals surface area contributed by atoms with E-state index in [4.69, 9.17) is 21.7 Å². The molecular weight excluding hydrogens is 196 g/mol. The minimum Gasteiger partial charge on any atom is -0.396 e. The molecule has 0 saturated heterocycles. The van der Waals surface area contributed by atoms with Crippen molar-refractivity contribution in [3.63, 3.8) is 0 Å². The average molecular weight is 212 g/mol. The third-order valence-corrected chi connectivity index (χ3v) is 2.16. The largest absolute Gasteiger partial charge is 0.396 e. The van der Waals surface area contributed by atoms with Crippen LogP contribution in [0.15, 0.2) is 6.20 Å². The molecule has 6 N–H and O–H groups in total. The first-order valence-corrected chi connectivity index (χ1v) is 4.73. The molecule has 0 radical (unpaired) electrons. The van der Waals surface area contributed by atoms with E-state index in [1.807, 2.05) is 0 Å². The molecule has 1 aromatic heterocycles. The van der Waals surface area contributed by atoms with E-state index in [9.17, 15) is 0 Å². The number of nitrogens with two attached hydrogens (primary N) is 2. The van der Waals surface area contributed by atoms with Gasteiger partial charge >= 0.3 is 0 Å². The van der Waals surface area contributed by atoms with Crippen molar-refractivity contribution in [3.8, 4) is 0 Å². The normalized spacial score (nSPS) is 11.0. The van der Waals surface area contributed by atoms with Crippen molar-refractivity contribution in [2.24, 2.45) is 11.5 Å². The van der Waals surface area contributed by atoms with Crippen LogP contribution < -0.4 is 11.5 Å².